The third-order valence-corrected chi connectivity index (χ3v) is 5.82. The molecule has 3 rings (SSSR count). The van der Waals surface area contributed by atoms with Crippen LogP contribution in [-0.2, 0) is 10.1 Å². The highest BCUT2D eigenvalue weighted by atomic mass is 32.2. The Morgan fingerprint density at radius 1 is 0.941 bits per heavy atom. The van der Waals surface area contributed by atoms with Crippen LogP contribution >= 0.6 is 0 Å². The maximum atomic E-state index is 12.5. The Morgan fingerprint density at radius 2 is 1.65 bits per heavy atom. The van der Waals surface area contributed by atoms with E-state index in [1.807, 2.05) is 20.8 Å². The van der Waals surface area contributed by atoms with Gasteiger partial charge in [-0.15, -0.1) is 0 Å². The monoisotopic (exact) mass is 482 g/mol. The van der Waals surface area contributed by atoms with Crippen LogP contribution in [0.1, 0.15) is 35.3 Å². The summed E-state index contributed by atoms with van der Waals surface area (Å²) < 4.78 is 41.3. The van der Waals surface area contributed by atoms with E-state index in [-0.39, 0.29) is 10.6 Å². The first-order valence-electron chi connectivity index (χ1n) is 10.7. The lowest BCUT2D eigenvalue weighted by Gasteiger charge is -2.11. The second-order valence-corrected chi connectivity index (χ2v) is 8.70. The maximum absolute atomic E-state index is 12.5. The van der Waals surface area contributed by atoms with Crippen molar-refractivity contribution in [3.63, 3.8) is 0 Å². The quantitative estimate of drug-likeness (QED) is 0.262. The Hall–Kier alpha value is -3.85. The molecule has 9 heteroatoms. The molecule has 1 N–H and O–H groups in total. The minimum absolute atomic E-state index is 0.0613. The Balaban J connectivity index is 1.67. The molecule has 0 unspecified atom stereocenters. The second-order valence-electron chi connectivity index (χ2n) is 7.15. The molecule has 0 spiro atoms. The predicted octanol–water partition coefficient (Wildman–Crippen LogP) is 4.32. The molecule has 8 nitrogen and oxygen atoms in total. The van der Waals surface area contributed by atoms with Crippen molar-refractivity contribution in [1.82, 2.24) is 5.43 Å². The standard InChI is InChI=1S/C25H26N2O6S/c1-4-31-23-14-11-20(16-24(23)32-5-2)25(28)27-26-17-19-7-6-8-21(15-19)33-34(29,30)22-12-9-18(3)10-13-22/h6-17H,4-5H2,1-3H3,(H,27,28)/b26-17+. The summed E-state index contributed by atoms with van der Waals surface area (Å²) in [6.45, 7) is 6.48. The molecular formula is C25H26N2O6S. The zero-order valence-corrected chi connectivity index (χ0v) is 20.0. The van der Waals surface area contributed by atoms with Gasteiger partial charge < -0.3 is 13.7 Å². The highest BCUT2D eigenvalue weighted by Gasteiger charge is 2.16. The average Bonchev–Trinajstić information content (AvgIpc) is 2.80. The van der Waals surface area contributed by atoms with Crippen molar-refractivity contribution < 1.29 is 26.9 Å². The Morgan fingerprint density at radius 3 is 2.35 bits per heavy atom. The van der Waals surface area contributed by atoms with Gasteiger partial charge in [-0.1, -0.05) is 29.8 Å². The van der Waals surface area contributed by atoms with Crippen LogP contribution in [0.15, 0.2) is 76.7 Å². The van der Waals surface area contributed by atoms with Gasteiger partial charge in [0.25, 0.3) is 5.91 Å². The zero-order valence-electron chi connectivity index (χ0n) is 19.1. The summed E-state index contributed by atoms with van der Waals surface area (Å²) in [6.07, 6.45) is 1.39. The molecule has 0 aliphatic carbocycles. The van der Waals surface area contributed by atoms with Crippen LogP contribution < -0.4 is 19.1 Å². The molecule has 0 atom stereocenters. The van der Waals surface area contributed by atoms with Gasteiger partial charge in [0.05, 0.1) is 19.4 Å². The zero-order chi connectivity index (χ0) is 24.6. The summed E-state index contributed by atoms with van der Waals surface area (Å²) in [7, 11) is -3.97. The number of carbonyl (C=O) groups excluding carboxylic acids is 1. The van der Waals surface area contributed by atoms with Gasteiger partial charge in [0.1, 0.15) is 10.6 Å². The number of benzene rings is 3. The third kappa shape index (κ3) is 6.58. The van der Waals surface area contributed by atoms with E-state index < -0.39 is 16.0 Å². The van der Waals surface area contributed by atoms with Crippen LogP contribution in [0, 0.1) is 6.92 Å². The topological polar surface area (TPSA) is 103 Å². The smallest absolute Gasteiger partial charge is 0.339 e. The minimum atomic E-state index is -3.97. The number of nitrogens with one attached hydrogen (secondary N) is 1. The number of hydrogen-bond acceptors (Lipinski definition) is 7. The number of ether oxygens (including phenoxy) is 2. The molecule has 0 radical (unpaired) electrons. The number of aryl methyl sites for hydroxylation is 1. The van der Waals surface area contributed by atoms with Gasteiger partial charge in [-0.05, 0) is 68.8 Å². The van der Waals surface area contributed by atoms with Gasteiger partial charge in [0, 0.05) is 5.56 Å². The lowest BCUT2D eigenvalue weighted by Crippen LogP contribution is -2.17. The molecule has 1 amide bonds. The molecular weight excluding hydrogens is 456 g/mol. The first-order valence-corrected chi connectivity index (χ1v) is 12.1. The van der Waals surface area contributed by atoms with Crippen molar-refractivity contribution in [3.05, 3.63) is 83.4 Å². The van der Waals surface area contributed by atoms with Crippen molar-refractivity contribution in [2.45, 2.75) is 25.7 Å². The molecule has 0 bridgehead atoms. The SMILES string of the molecule is CCOc1ccc(C(=O)N/N=C/c2cccc(OS(=O)(=O)c3ccc(C)cc3)c2)cc1OCC. The highest BCUT2D eigenvalue weighted by molar-refractivity contribution is 7.87. The largest absolute Gasteiger partial charge is 0.490 e. The van der Waals surface area contributed by atoms with Crippen LogP contribution in [0.3, 0.4) is 0 Å². The second kappa shape index (κ2) is 11.3. The molecule has 0 fully saturated rings. The number of amides is 1. The van der Waals surface area contributed by atoms with Crippen molar-refractivity contribution in [1.29, 1.82) is 0 Å². The summed E-state index contributed by atoms with van der Waals surface area (Å²) in [5.74, 6) is 0.723. The molecule has 3 aromatic carbocycles. The molecule has 0 heterocycles. The van der Waals surface area contributed by atoms with Crippen LogP contribution in [0.2, 0.25) is 0 Å². The van der Waals surface area contributed by atoms with E-state index in [1.165, 1.54) is 30.5 Å². The van der Waals surface area contributed by atoms with Gasteiger partial charge in [-0.2, -0.15) is 13.5 Å². The third-order valence-electron chi connectivity index (χ3n) is 4.56. The summed E-state index contributed by atoms with van der Waals surface area (Å²) in [6, 6.07) is 17.6. The van der Waals surface area contributed by atoms with Crippen molar-refractivity contribution >= 4 is 22.2 Å². The van der Waals surface area contributed by atoms with Crippen LogP contribution in [-0.4, -0.2) is 33.8 Å². The molecule has 0 aliphatic rings. The predicted molar refractivity (Wildman–Crippen MR) is 129 cm³/mol. The molecule has 178 valence electrons. The van der Waals surface area contributed by atoms with Crippen LogP contribution in [0.25, 0.3) is 0 Å². The first-order chi connectivity index (χ1) is 16.3. The fraction of sp³-hybridized carbons (Fsp3) is 0.200. The number of hydrogen-bond donors (Lipinski definition) is 1. The molecule has 3 aromatic rings. The molecule has 34 heavy (non-hydrogen) atoms. The Bertz CT molecular complexity index is 1270. The van der Waals surface area contributed by atoms with Crippen LogP contribution in [0.4, 0.5) is 0 Å². The van der Waals surface area contributed by atoms with E-state index in [4.69, 9.17) is 13.7 Å². The van der Waals surface area contributed by atoms with Gasteiger partial charge in [-0.25, -0.2) is 5.43 Å². The Kier molecular flexibility index (Phi) is 8.26. The summed E-state index contributed by atoms with van der Waals surface area (Å²) in [5, 5.41) is 3.96. The fourth-order valence-electron chi connectivity index (χ4n) is 2.95. The molecule has 0 aromatic heterocycles. The minimum Gasteiger partial charge on any atom is -0.490 e. The van der Waals surface area contributed by atoms with Crippen molar-refractivity contribution in [2.75, 3.05) is 13.2 Å². The normalized spacial score (nSPS) is 11.3. The van der Waals surface area contributed by atoms with E-state index >= 15 is 0 Å². The number of rotatable bonds is 10. The van der Waals surface area contributed by atoms with Gasteiger partial charge in [0.15, 0.2) is 11.5 Å². The van der Waals surface area contributed by atoms with Gasteiger partial charge in [-0.3, -0.25) is 4.79 Å². The van der Waals surface area contributed by atoms with E-state index in [0.29, 0.717) is 35.8 Å². The lowest BCUT2D eigenvalue weighted by atomic mass is 10.2. The molecule has 0 aliphatic heterocycles. The number of carbonyl (C=O) groups is 1. The number of nitrogens with zero attached hydrogens (tertiary/aromatic N) is 1. The van der Waals surface area contributed by atoms with E-state index in [0.717, 1.165) is 5.56 Å². The van der Waals surface area contributed by atoms with Crippen molar-refractivity contribution in [2.24, 2.45) is 5.10 Å². The highest BCUT2D eigenvalue weighted by Crippen LogP contribution is 2.28. The average molecular weight is 483 g/mol. The van der Waals surface area contributed by atoms with Crippen molar-refractivity contribution in [3.8, 4) is 17.2 Å². The van der Waals surface area contributed by atoms with E-state index in [2.05, 4.69) is 10.5 Å². The van der Waals surface area contributed by atoms with E-state index in [9.17, 15) is 13.2 Å². The van der Waals surface area contributed by atoms with E-state index in [1.54, 1.807) is 42.5 Å². The number of hydrazone groups is 1. The van der Waals surface area contributed by atoms with Gasteiger partial charge >= 0.3 is 10.1 Å². The summed E-state index contributed by atoms with van der Waals surface area (Å²) in [5.41, 5.74) is 4.28. The first kappa shape index (κ1) is 24.8. The maximum Gasteiger partial charge on any atom is 0.339 e. The van der Waals surface area contributed by atoms with Gasteiger partial charge in [0.2, 0.25) is 0 Å². The molecule has 0 saturated heterocycles. The fourth-order valence-corrected chi connectivity index (χ4v) is 3.87. The summed E-state index contributed by atoms with van der Waals surface area (Å²) >= 11 is 0. The molecule has 0 saturated carbocycles. The Labute approximate surface area is 199 Å². The summed E-state index contributed by atoms with van der Waals surface area (Å²) in [4.78, 5) is 12.5. The lowest BCUT2D eigenvalue weighted by molar-refractivity contribution is 0.0954. The van der Waals surface area contributed by atoms with Crippen LogP contribution in [0.5, 0.6) is 17.2 Å².